The van der Waals surface area contributed by atoms with Gasteiger partial charge in [0.2, 0.25) is 0 Å². The van der Waals surface area contributed by atoms with Gasteiger partial charge in [0.05, 0.1) is 6.61 Å². The van der Waals surface area contributed by atoms with Gasteiger partial charge in [-0.1, -0.05) is 36.4 Å². The highest BCUT2D eigenvalue weighted by Gasteiger charge is 2.65. The molecule has 1 heterocycles. The van der Waals surface area contributed by atoms with Gasteiger partial charge in [-0.15, -0.1) is 0 Å². The molecule has 1 aliphatic heterocycles. The zero-order chi connectivity index (χ0) is 15.5. The lowest BCUT2D eigenvalue weighted by molar-refractivity contribution is -0.237. The van der Waals surface area contributed by atoms with Gasteiger partial charge in [0.15, 0.2) is 5.79 Å². The van der Waals surface area contributed by atoms with E-state index in [9.17, 15) is 4.79 Å². The summed E-state index contributed by atoms with van der Waals surface area (Å²) in [4.78, 5) is 12.6. The van der Waals surface area contributed by atoms with Gasteiger partial charge in [0.1, 0.15) is 12.0 Å². The van der Waals surface area contributed by atoms with E-state index in [0.29, 0.717) is 13.0 Å². The van der Waals surface area contributed by atoms with Crippen molar-refractivity contribution in [1.82, 2.24) is 0 Å². The van der Waals surface area contributed by atoms with Crippen molar-refractivity contribution in [2.75, 3.05) is 20.3 Å². The number of esters is 1. The number of benzene rings is 1. The Kier molecular flexibility index (Phi) is 4.32. The molecule has 22 heavy (non-hydrogen) atoms. The van der Waals surface area contributed by atoms with E-state index >= 15 is 0 Å². The normalized spacial score (nSPS) is 30.6. The topological polar surface area (TPSA) is 44.8 Å². The van der Waals surface area contributed by atoms with E-state index in [1.54, 1.807) is 7.11 Å². The van der Waals surface area contributed by atoms with Crippen LogP contribution < -0.4 is 0 Å². The second-order valence-corrected chi connectivity index (χ2v) is 5.90. The van der Waals surface area contributed by atoms with Crippen molar-refractivity contribution in [3.8, 4) is 0 Å². The van der Waals surface area contributed by atoms with Crippen molar-refractivity contribution < 1.29 is 19.0 Å². The van der Waals surface area contributed by atoms with Gasteiger partial charge < -0.3 is 14.2 Å². The van der Waals surface area contributed by atoms with Crippen molar-refractivity contribution in [2.24, 2.45) is 5.41 Å². The van der Waals surface area contributed by atoms with E-state index in [4.69, 9.17) is 14.2 Å². The quantitative estimate of drug-likeness (QED) is 0.784. The number of hydrogen-bond acceptors (Lipinski definition) is 4. The molecule has 2 atom stereocenters. The summed E-state index contributed by atoms with van der Waals surface area (Å²) in [6, 6.07) is 9.95. The lowest BCUT2D eigenvalue weighted by Crippen LogP contribution is -2.48. The second kappa shape index (κ2) is 6.23. The fourth-order valence-electron chi connectivity index (χ4n) is 3.69. The Morgan fingerprint density at radius 2 is 2.09 bits per heavy atom. The van der Waals surface area contributed by atoms with E-state index in [-0.39, 0.29) is 12.6 Å². The highest BCUT2D eigenvalue weighted by molar-refractivity contribution is 5.79. The predicted molar refractivity (Wildman–Crippen MR) is 83.0 cm³/mol. The van der Waals surface area contributed by atoms with Gasteiger partial charge >= 0.3 is 5.97 Å². The Hall–Kier alpha value is -1.65. The molecule has 0 N–H and O–H groups in total. The van der Waals surface area contributed by atoms with Crippen molar-refractivity contribution in [3.05, 3.63) is 42.0 Å². The molecule has 0 spiro atoms. The summed E-state index contributed by atoms with van der Waals surface area (Å²) in [6.07, 6.45) is 6.98. The molecule has 1 aliphatic carbocycles. The van der Waals surface area contributed by atoms with E-state index in [1.807, 2.05) is 42.5 Å². The van der Waals surface area contributed by atoms with Crippen molar-refractivity contribution in [1.29, 1.82) is 0 Å². The molecule has 3 rings (SSSR count). The summed E-state index contributed by atoms with van der Waals surface area (Å²) in [7, 11) is 1.62. The largest absolute Gasteiger partial charge is 0.461 e. The maximum atomic E-state index is 12.6. The van der Waals surface area contributed by atoms with Crippen molar-refractivity contribution in [2.45, 2.75) is 31.5 Å². The summed E-state index contributed by atoms with van der Waals surface area (Å²) in [5.41, 5.74) is 0.468. The zero-order valence-corrected chi connectivity index (χ0v) is 12.9. The highest BCUT2D eigenvalue weighted by Crippen LogP contribution is 2.56. The van der Waals surface area contributed by atoms with E-state index in [0.717, 1.165) is 24.8 Å². The number of carbonyl (C=O) groups excluding carboxylic acids is 1. The Labute approximate surface area is 131 Å². The maximum absolute atomic E-state index is 12.6. The third-order valence-corrected chi connectivity index (χ3v) is 4.84. The van der Waals surface area contributed by atoms with Crippen molar-refractivity contribution in [3.63, 3.8) is 0 Å². The van der Waals surface area contributed by atoms with Gasteiger partial charge in [-0.2, -0.15) is 0 Å². The third kappa shape index (κ3) is 2.46. The number of methoxy groups -OCH3 is 1. The second-order valence-electron chi connectivity index (χ2n) is 5.90. The minimum Gasteiger partial charge on any atom is -0.461 e. The van der Waals surface area contributed by atoms with E-state index in [2.05, 4.69) is 0 Å². The van der Waals surface area contributed by atoms with Crippen LogP contribution in [0, 0.1) is 5.41 Å². The zero-order valence-electron chi connectivity index (χ0n) is 12.9. The number of carbonyl (C=O) groups is 1. The minimum atomic E-state index is -0.771. The maximum Gasteiger partial charge on any atom is 0.317 e. The minimum absolute atomic E-state index is 0.193. The van der Waals surface area contributed by atoms with Gasteiger partial charge in [-0.05, 0) is 30.9 Å². The highest BCUT2D eigenvalue weighted by atomic mass is 16.7. The predicted octanol–water partition coefficient (Wildman–Crippen LogP) is 3.18. The van der Waals surface area contributed by atoms with Crippen LogP contribution in [-0.4, -0.2) is 32.1 Å². The number of hydrogen-bond donors (Lipinski definition) is 0. The first kappa shape index (κ1) is 15.3. The van der Waals surface area contributed by atoms with Crippen molar-refractivity contribution >= 4 is 12.0 Å². The Bertz CT molecular complexity index is 539. The summed E-state index contributed by atoms with van der Waals surface area (Å²) < 4.78 is 16.8. The first-order valence-electron chi connectivity index (χ1n) is 7.80. The van der Waals surface area contributed by atoms with Crippen LogP contribution >= 0.6 is 0 Å². The van der Waals surface area contributed by atoms with Crippen LogP contribution in [0.1, 0.15) is 31.2 Å². The monoisotopic (exact) mass is 302 g/mol. The fourth-order valence-corrected chi connectivity index (χ4v) is 3.69. The van der Waals surface area contributed by atoms with Crippen LogP contribution in [0.4, 0.5) is 0 Å². The first-order chi connectivity index (χ1) is 10.7. The molecule has 1 saturated carbocycles. The molecule has 1 aromatic rings. The van der Waals surface area contributed by atoms with Crippen LogP contribution in [0.2, 0.25) is 0 Å². The van der Waals surface area contributed by atoms with Crippen LogP contribution in [0.25, 0.3) is 6.08 Å². The summed E-state index contributed by atoms with van der Waals surface area (Å²) in [6.45, 7) is 0.831. The molecule has 2 fully saturated rings. The molecule has 0 amide bonds. The van der Waals surface area contributed by atoms with Gasteiger partial charge in [0.25, 0.3) is 0 Å². The van der Waals surface area contributed by atoms with Crippen LogP contribution in [0.15, 0.2) is 36.4 Å². The molecule has 1 saturated heterocycles. The van der Waals surface area contributed by atoms with Gasteiger partial charge in [0, 0.05) is 13.5 Å². The number of rotatable bonds is 5. The van der Waals surface area contributed by atoms with Crippen LogP contribution in [-0.2, 0) is 19.0 Å². The lowest BCUT2D eigenvalue weighted by Gasteiger charge is -2.35. The molecule has 2 aliphatic rings. The number of ether oxygens (including phenoxy) is 3. The van der Waals surface area contributed by atoms with E-state index in [1.165, 1.54) is 0 Å². The van der Waals surface area contributed by atoms with Gasteiger partial charge in [-0.3, -0.25) is 4.79 Å². The molecule has 0 radical (unpaired) electrons. The molecule has 118 valence electrons. The van der Waals surface area contributed by atoms with Gasteiger partial charge in [-0.25, -0.2) is 0 Å². The Morgan fingerprint density at radius 1 is 1.27 bits per heavy atom. The number of fused-ring (bicyclic) bond motifs is 1. The Balaban J connectivity index is 1.61. The van der Waals surface area contributed by atoms with Crippen LogP contribution in [0.5, 0.6) is 0 Å². The third-order valence-electron chi connectivity index (χ3n) is 4.84. The molecule has 1 aromatic carbocycles. The fraction of sp³-hybridized carbons (Fsp3) is 0.500. The molecule has 4 nitrogen and oxygen atoms in total. The smallest absolute Gasteiger partial charge is 0.317 e. The standard InChI is InChI=1S/C18H22O4/c1-20-18-11-6-10-17(18,12-14-22-18)16(19)21-13-5-9-15-7-3-2-4-8-15/h2-5,7-9H,6,10-14H2,1H3. The first-order valence-corrected chi connectivity index (χ1v) is 7.80. The molecule has 0 bridgehead atoms. The Morgan fingerprint density at radius 3 is 2.86 bits per heavy atom. The molecule has 0 aromatic heterocycles. The molecular weight excluding hydrogens is 280 g/mol. The summed E-state index contributed by atoms with van der Waals surface area (Å²) >= 11 is 0. The average Bonchev–Trinajstić information content (AvgIpc) is 3.08. The molecular formula is C18H22O4. The van der Waals surface area contributed by atoms with Crippen LogP contribution in [0.3, 0.4) is 0 Å². The SMILES string of the molecule is COC12CCCC1(C(=O)OCC=Cc1ccccc1)CCO2. The summed E-state index contributed by atoms with van der Waals surface area (Å²) in [5, 5.41) is 0. The lowest BCUT2D eigenvalue weighted by atomic mass is 9.80. The van der Waals surface area contributed by atoms with E-state index < -0.39 is 11.2 Å². The average molecular weight is 302 g/mol. The molecule has 4 heteroatoms. The summed E-state index contributed by atoms with van der Waals surface area (Å²) in [5.74, 6) is -0.963. The molecule has 2 unspecified atom stereocenters.